The Morgan fingerprint density at radius 2 is 1.90 bits per heavy atom. The maximum Gasteiger partial charge on any atom is 0.332 e. The van der Waals surface area contributed by atoms with E-state index >= 15 is 0 Å². The fraction of sp³-hybridized carbons (Fsp3) is 0.556. The van der Waals surface area contributed by atoms with E-state index in [-0.39, 0.29) is 28.9 Å². The van der Waals surface area contributed by atoms with Crippen molar-refractivity contribution in [1.82, 2.24) is 18.9 Å². The predicted octanol–water partition coefficient (Wildman–Crippen LogP) is -0.235. The summed E-state index contributed by atoms with van der Waals surface area (Å²) >= 11 is 0. The summed E-state index contributed by atoms with van der Waals surface area (Å²) in [5, 5.41) is 14.0. The van der Waals surface area contributed by atoms with E-state index in [1.807, 2.05) is 19.9 Å². The summed E-state index contributed by atoms with van der Waals surface area (Å²) in [6.07, 6.45) is 0.529. The first-order chi connectivity index (χ1) is 13.5. The highest BCUT2D eigenvalue weighted by Crippen LogP contribution is 2.28. The lowest BCUT2D eigenvalue weighted by molar-refractivity contribution is 0.485. The Labute approximate surface area is 168 Å². The van der Waals surface area contributed by atoms with Crippen LogP contribution < -0.4 is 16.1 Å². The maximum atomic E-state index is 12.4. The minimum Gasteiger partial charge on any atom is -0.355 e. The van der Waals surface area contributed by atoms with Gasteiger partial charge in [-0.15, -0.1) is 0 Å². The molecule has 156 valence electrons. The molecule has 3 rings (SSSR count). The first kappa shape index (κ1) is 20.9. The zero-order chi connectivity index (χ0) is 21.7. The third kappa shape index (κ3) is 3.48. The van der Waals surface area contributed by atoms with Crippen LogP contribution in [0.2, 0.25) is 0 Å². The van der Waals surface area contributed by atoms with Gasteiger partial charge in [0.25, 0.3) is 5.56 Å². The molecule has 1 atom stereocenters. The Hall–Kier alpha value is -2.87. The Morgan fingerprint density at radius 3 is 2.45 bits per heavy atom. The zero-order valence-electron chi connectivity index (χ0n) is 17.1. The third-order valence-corrected chi connectivity index (χ3v) is 7.28. The first-order valence-electron chi connectivity index (χ1n) is 9.14. The molecule has 0 aromatic carbocycles. The van der Waals surface area contributed by atoms with Gasteiger partial charge in [-0.25, -0.2) is 13.2 Å². The zero-order valence-corrected chi connectivity index (χ0v) is 17.9. The fourth-order valence-corrected chi connectivity index (χ4v) is 5.63. The molecule has 0 amide bonds. The van der Waals surface area contributed by atoms with E-state index in [0.29, 0.717) is 13.0 Å². The summed E-state index contributed by atoms with van der Waals surface area (Å²) in [7, 11) is 1.51. The molecule has 3 heterocycles. The van der Waals surface area contributed by atoms with Crippen molar-refractivity contribution in [2.24, 2.45) is 14.1 Å². The molecular weight excluding hydrogens is 396 g/mol. The van der Waals surface area contributed by atoms with Crippen LogP contribution in [0.5, 0.6) is 0 Å². The standard InChI is InChI=1S/C18H24N6O4S/c1-11-15(12(2)24(20-11)13-6-7-29(27,28)10-13)9-21(3)16-14(8-19)17(25)23(5)18(26)22(16)4/h13H,6-7,9-10H2,1-5H3. The van der Waals surface area contributed by atoms with Crippen LogP contribution in [0.1, 0.15) is 35.0 Å². The highest BCUT2D eigenvalue weighted by atomic mass is 32.2. The first-order valence-corrected chi connectivity index (χ1v) is 11.0. The number of aryl methyl sites for hydroxylation is 1. The smallest absolute Gasteiger partial charge is 0.332 e. The Bertz CT molecular complexity index is 1250. The molecule has 0 spiro atoms. The molecule has 0 aliphatic carbocycles. The average molecular weight is 420 g/mol. The molecule has 2 aromatic rings. The van der Waals surface area contributed by atoms with Crippen LogP contribution in [-0.4, -0.2) is 45.9 Å². The van der Waals surface area contributed by atoms with Gasteiger partial charge in [-0.05, 0) is 20.3 Å². The van der Waals surface area contributed by atoms with Crippen LogP contribution in [0.3, 0.4) is 0 Å². The molecule has 1 unspecified atom stereocenters. The lowest BCUT2D eigenvalue weighted by Gasteiger charge is -2.23. The topological polar surface area (TPSA) is 123 Å². The average Bonchev–Trinajstić information content (AvgIpc) is 3.15. The van der Waals surface area contributed by atoms with Crippen molar-refractivity contribution in [3.63, 3.8) is 0 Å². The second-order valence-electron chi connectivity index (χ2n) is 7.52. The van der Waals surface area contributed by atoms with Crippen molar-refractivity contribution in [2.45, 2.75) is 32.9 Å². The van der Waals surface area contributed by atoms with Gasteiger partial charge in [0.1, 0.15) is 11.9 Å². The third-order valence-electron chi connectivity index (χ3n) is 5.53. The van der Waals surface area contributed by atoms with Crippen LogP contribution in [0.4, 0.5) is 5.82 Å². The molecule has 2 aromatic heterocycles. The lowest BCUT2D eigenvalue weighted by Crippen LogP contribution is -2.41. The van der Waals surface area contributed by atoms with Crippen molar-refractivity contribution < 1.29 is 8.42 Å². The summed E-state index contributed by atoms with van der Waals surface area (Å²) in [4.78, 5) is 26.3. The number of sulfone groups is 1. The summed E-state index contributed by atoms with van der Waals surface area (Å²) in [6, 6.07) is 1.71. The van der Waals surface area contributed by atoms with Gasteiger partial charge in [0.2, 0.25) is 0 Å². The van der Waals surface area contributed by atoms with Gasteiger partial charge < -0.3 is 4.90 Å². The molecule has 1 aliphatic heterocycles. The van der Waals surface area contributed by atoms with E-state index in [0.717, 1.165) is 21.5 Å². The predicted molar refractivity (Wildman–Crippen MR) is 108 cm³/mol. The van der Waals surface area contributed by atoms with E-state index < -0.39 is 21.1 Å². The second kappa shape index (κ2) is 7.18. The van der Waals surface area contributed by atoms with Crippen LogP contribution in [0, 0.1) is 25.2 Å². The maximum absolute atomic E-state index is 12.4. The molecule has 0 saturated carbocycles. The number of rotatable bonds is 4. The number of anilines is 1. The van der Waals surface area contributed by atoms with Gasteiger partial charge in [0.05, 0.1) is 23.2 Å². The number of hydrogen-bond donors (Lipinski definition) is 0. The molecule has 29 heavy (non-hydrogen) atoms. The normalized spacial score (nSPS) is 18.0. The molecule has 1 saturated heterocycles. The van der Waals surface area contributed by atoms with Crippen molar-refractivity contribution in [3.8, 4) is 6.07 Å². The molecule has 11 heteroatoms. The van der Waals surface area contributed by atoms with E-state index in [4.69, 9.17) is 0 Å². The Kier molecular flexibility index (Phi) is 5.17. The second-order valence-corrected chi connectivity index (χ2v) is 9.75. The molecule has 0 radical (unpaired) electrons. The Morgan fingerprint density at radius 1 is 1.24 bits per heavy atom. The van der Waals surface area contributed by atoms with Crippen molar-refractivity contribution in [3.05, 3.63) is 43.4 Å². The van der Waals surface area contributed by atoms with Crippen molar-refractivity contribution in [2.75, 3.05) is 23.5 Å². The van der Waals surface area contributed by atoms with Gasteiger partial charge in [0, 0.05) is 38.9 Å². The van der Waals surface area contributed by atoms with Crippen LogP contribution in [0.25, 0.3) is 0 Å². The van der Waals surface area contributed by atoms with Crippen molar-refractivity contribution >= 4 is 15.7 Å². The van der Waals surface area contributed by atoms with Gasteiger partial charge in [-0.1, -0.05) is 0 Å². The number of hydrogen-bond acceptors (Lipinski definition) is 7. The minimum absolute atomic E-state index is 0.0754. The molecule has 0 bridgehead atoms. The highest BCUT2D eigenvalue weighted by molar-refractivity contribution is 7.91. The lowest BCUT2D eigenvalue weighted by atomic mass is 10.1. The summed E-state index contributed by atoms with van der Waals surface area (Å²) in [5.74, 6) is 0.466. The van der Waals surface area contributed by atoms with E-state index in [2.05, 4.69) is 5.10 Å². The van der Waals surface area contributed by atoms with Gasteiger partial charge in [0.15, 0.2) is 15.4 Å². The van der Waals surface area contributed by atoms with Gasteiger partial charge in [-0.3, -0.25) is 18.6 Å². The molecular formula is C18H24N6O4S. The molecule has 0 N–H and O–H groups in total. The Balaban J connectivity index is 2.02. The van der Waals surface area contributed by atoms with Gasteiger partial charge >= 0.3 is 5.69 Å². The monoisotopic (exact) mass is 420 g/mol. The number of nitriles is 1. The summed E-state index contributed by atoms with van der Waals surface area (Å²) in [5.41, 5.74) is 1.18. The minimum atomic E-state index is -3.04. The van der Waals surface area contributed by atoms with E-state index in [9.17, 15) is 23.3 Å². The quantitative estimate of drug-likeness (QED) is 0.669. The van der Waals surface area contributed by atoms with E-state index in [1.165, 1.54) is 18.7 Å². The largest absolute Gasteiger partial charge is 0.355 e. The van der Waals surface area contributed by atoms with E-state index in [1.54, 1.807) is 16.6 Å². The number of aromatic nitrogens is 4. The fourth-order valence-electron chi connectivity index (χ4n) is 3.94. The van der Waals surface area contributed by atoms with Crippen LogP contribution in [-0.2, 0) is 30.5 Å². The molecule has 1 fully saturated rings. The summed E-state index contributed by atoms with van der Waals surface area (Å²) < 4.78 is 27.6. The van der Waals surface area contributed by atoms with Crippen LogP contribution in [0.15, 0.2) is 9.59 Å². The number of nitrogens with zero attached hydrogens (tertiary/aromatic N) is 6. The SMILES string of the molecule is Cc1nn(C2CCS(=O)(=O)C2)c(C)c1CN(C)c1c(C#N)c(=O)n(C)c(=O)n1C. The van der Waals surface area contributed by atoms with Crippen LogP contribution >= 0.6 is 0 Å². The molecule has 10 nitrogen and oxygen atoms in total. The summed E-state index contributed by atoms with van der Waals surface area (Å²) in [6.45, 7) is 4.03. The molecule has 1 aliphatic rings. The highest BCUT2D eigenvalue weighted by Gasteiger charge is 2.31. The van der Waals surface area contributed by atoms with Crippen molar-refractivity contribution in [1.29, 1.82) is 5.26 Å². The van der Waals surface area contributed by atoms with Gasteiger partial charge in [-0.2, -0.15) is 10.4 Å².